The molecule has 10 heteroatoms. The van der Waals surface area contributed by atoms with Crippen LogP contribution >= 0.6 is 0 Å². The number of benzene rings is 2. The zero-order valence-electron chi connectivity index (χ0n) is 17.4. The van der Waals surface area contributed by atoms with Gasteiger partial charge in [-0.3, -0.25) is 4.79 Å². The van der Waals surface area contributed by atoms with Gasteiger partial charge < -0.3 is 5.32 Å². The number of nitrogens with one attached hydrogen (secondary N) is 2. The van der Waals surface area contributed by atoms with E-state index >= 15 is 0 Å². The van der Waals surface area contributed by atoms with Gasteiger partial charge >= 0.3 is 0 Å². The summed E-state index contributed by atoms with van der Waals surface area (Å²) in [6.45, 7) is 1.94. The second-order valence-corrected chi connectivity index (χ2v) is 9.37. The zero-order valence-corrected chi connectivity index (χ0v) is 18.2. The highest BCUT2D eigenvalue weighted by atomic mass is 32.2. The van der Waals surface area contributed by atoms with Crippen molar-refractivity contribution in [1.29, 1.82) is 0 Å². The first-order valence-electron chi connectivity index (χ1n) is 10.2. The molecule has 1 amide bonds. The quantitative estimate of drug-likeness (QED) is 0.530. The van der Waals surface area contributed by atoms with Gasteiger partial charge in [-0.15, -0.1) is 0 Å². The molecule has 7 nitrogen and oxygen atoms in total. The molecule has 2 aromatic carbocycles. The largest absolute Gasteiger partial charge is 0.349 e. The summed E-state index contributed by atoms with van der Waals surface area (Å²) in [6.07, 6.45) is 2.15. The van der Waals surface area contributed by atoms with Gasteiger partial charge in [0.25, 0.3) is 5.91 Å². The van der Waals surface area contributed by atoms with Crippen LogP contribution in [0.25, 0.3) is 5.69 Å². The molecule has 2 N–H and O–H groups in total. The molecule has 3 aromatic rings. The normalized spacial score (nSPS) is 13.2. The molecule has 0 spiro atoms. The summed E-state index contributed by atoms with van der Waals surface area (Å²) in [5.74, 6) is -2.39. The smallest absolute Gasteiger partial charge is 0.272 e. The van der Waals surface area contributed by atoms with E-state index in [0.717, 1.165) is 35.4 Å². The van der Waals surface area contributed by atoms with E-state index in [-0.39, 0.29) is 23.7 Å². The summed E-state index contributed by atoms with van der Waals surface area (Å²) in [5, 5.41) is 7.00. The van der Waals surface area contributed by atoms with E-state index in [1.165, 1.54) is 22.9 Å². The van der Waals surface area contributed by atoms with Gasteiger partial charge in [0.1, 0.15) is 0 Å². The Hall–Kier alpha value is -3.11. The highest BCUT2D eigenvalue weighted by molar-refractivity contribution is 7.89. The van der Waals surface area contributed by atoms with Gasteiger partial charge in [0.15, 0.2) is 17.3 Å². The molecule has 168 valence electrons. The standard InChI is InChI=1S/C22H22F2N4O3S/c1-14-5-8-16(9-6-14)32(30,31)26-12-11-25-22(29)21-17-3-2-4-20(17)28(27-21)15-7-10-18(23)19(24)13-15/h5-10,13,26H,2-4,11-12H2,1H3,(H,25,29). The van der Waals surface area contributed by atoms with Crippen LogP contribution in [0.4, 0.5) is 8.78 Å². The van der Waals surface area contributed by atoms with E-state index in [4.69, 9.17) is 0 Å². The van der Waals surface area contributed by atoms with Crippen LogP contribution in [0.15, 0.2) is 47.4 Å². The number of rotatable bonds is 7. The summed E-state index contributed by atoms with van der Waals surface area (Å²) in [4.78, 5) is 12.9. The fourth-order valence-corrected chi connectivity index (χ4v) is 4.73. The molecule has 1 aliphatic carbocycles. The van der Waals surface area contributed by atoms with Crippen LogP contribution in [0.5, 0.6) is 0 Å². The Morgan fingerprint density at radius 3 is 2.53 bits per heavy atom. The Labute approximate surface area is 184 Å². The molecule has 0 unspecified atom stereocenters. The lowest BCUT2D eigenvalue weighted by Gasteiger charge is -2.08. The van der Waals surface area contributed by atoms with Gasteiger partial charge in [-0.25, -0.2) is 26.6 Å². The molecule has 0 fully saturated rings. The molecule has 1 aliphatic rings. The number of aryl methyl sites for hydroxylation is 1. The lowest BCUT2D eigenvalue weighted by molar-refractivity contribution is 0.0948. The number of hydrogen-bond acceptors (Lipinski definition) is 4. The van der Waals surface area contributed by atoms with Crippen LogP contribution in [0.2, 0.25) is 0 Å². The maximum atomic E-state index is 13.7. The molecule has 0 saturated heterocycles. The summed E-state index contributed by atoms with van der Waals surface area (Å²) >= 11 is 0. The van der Waals surface area contributed by atoms with Crippen molar-refractivity contribution in [2.75, 3.05) is 13.1 Å². The Bertz CT molecular complexity index is 1270. The predicted octanol–water partition coefficient (Wildman–Crippen LogP) is 2.66. The number of halogens is 2. The van der Waals surface area contributed by atoms with Crippen molar-refractivity contribution in [2.45, 2.75) is 31.1 Å². The average molecular weight is 461 g/mol. The molecule has 4 rings (SSSR count). The summed E-state index contributed by atoms with van der Waals surface area (Å²) < 4.78 is 55.5. The third-order valence-electron chi connectivity index (χ3n) is 5.33. The van der Waals surface area contributed by atoms with Crippen LogP contribution in [0, 0.1) is 18.6 Å². The van der Waals surface area contributed by atoms with E-state index < -0.39 is 27.6 Å². The van der Waals surface area contributed by atoms with Crippen molar-refractivity contribution in [1.82, 2.24) is 19.8 Å². The van der Waals surface area contributed by atoms with Crippen molar-refractivity contribution in [2.24, 2.45) is 0 Å². The number of fused-ring (bicyclic) bond motifs is 1. The van der Waals surface area contributed by atoms with Gasteiger partial charge in [0.05, 0.1) is 10.6 Å². The predicted molar refractivity (Wildman–Crippen MR) is 114 cm³/mol. The van der Waals surface area contributed by atoms with Crippen molar-refractivity contribution < 1.29 is 22.0 Å². The van der Waals surface area contributed by atoms with E-state index in [2.05, 4.69) is 15.1 Å². The van der Waals surface area contributed by atoms with Crippen molar-refractivity contribution in [3.05, 3.63) is 76.6 Å². The third kappa shape index (κ3) is 4.42. The van der Waals surface area contributed by atoms with E-state index in [9.17, 15) is 22.0 Å². The number of carbonyl (C=O) groups excluding carboxylic acids is 1. The number of carbonyl (C=O) groups is 1. The molecule has 32 heavy (non-hydrogen) atoms. The topological polar surface area (TPSA) is 93.1 Å². The van der Waals surface area contributed by atoms with Crippen molar-refractivity contribution >= 4 is 15.9 Å². The Morgan fingerprint density at radius 1 is 1.06 bits per heavy atom. The second kappa shape index (κ2) is 8.79. The minimum atomic E-state index is -3.68. The van der Waals surface area contributed by atoms with Crippen molar-refractivity contribution in [3.8, 4) is 5.69 Å². The summed E-state index contributed by atoms with van der Waals surface area (Å²) in [6, 6.07) is 9.93. The molecule has 1 aromatic heterocycles. The first kappa shape index (κ1) is 22.1. The van der Waals surface area contributed by atoms with E-state index in [1.54, 1.807) is 12.1 Å². The molecule has 0 saturated carbocycles. The number of hydrogen-bond donors (Lipinski definition) is 2. The first-order chi connectivity index (χ1) is 15.3. The minimum Gasteiger partial charge on any atom is -0.349 e. The Kier molecular flexibility index (Phi) is 6.07. The molecule has 1 heterocycles. The monoisotopic (exact) mass is 460 g/mol. The Balaban J connectivity index is 1.43. The van der Waals surface area contributed by atoms with Crippen LogP contribution in [-0.4, -0.2) is 37.2 Å². The maximum absolute atomic E-state index is 13.7. The Morgan fingerprint density at radius 2 is 1.81 bits per heavy atom. The molecule has 0 bridgehead atoms. The van der Waals surface area contributed by atoms with E-state index in [1.807, 2.05) is 6.92 Å². The number of amides is 1. The third-order valence-corrected chi connectivity index (χ3v) is 6.80. The van der Waals surface area contributed by atoms with Gasteiger partial charge in [-0.05, 0) is 50.5 Å². The number of aromatic nitrogens is 2. The lowest BCUT2D eigenvalue weighted by atomic mass is 10.2. The van der Waals surface area contributed by atoms with Gasteiger partial charge in [-0.1, -0.05) is 17.7 Å². The fraction of sp³-hybridized carbons (Fsp3) is 0.273. The van der Waals surface area contributed by atoms with Crippen LogP contribution < -0.4 is 10.0 Å². The second-order valence-electron chi connectivity index (χ2n) is 7.60. The maximum Gasteiger partial charge on any atom is 0.272 e. The molecule has 0 atom stereocenters. The molecule has 0 radical (unpaired) electrons. The van der Waals surface area contributed by atoms with E-state index in [0.29, 0.717) is 18.5 Å². The van der Waals surface area contributed by atoms with Crippen molar-refractivity contribution in [3.63, 3.8) is 0 Å². The number of nitrogens with zero attached hydrogens (tertiary/aromatic N) is 2. The zero-order chi connectivity index (χ0) is 22.9. The molecular weight excluding hydrogens is 438 g/mol. The van der Waals surface area contributed by atoms with Gasteiger partial charge in [0, 0.05) is 30.4 Å². The molecular formula is C22H22F2N4O3S. The van der Waals surface area contributed by atoms with Crippen LogP contribution in [0.3, 0.4) is 0 Å². The van der Waals surface area contributed by atoms with Crippen LogP contribution in [-0.2, 0) is 22.9 Å². The lowest BCUT2D eigenvalue weighted by Crippen LogP contribution is -2.35. The highest BCUT2D eigenvalue weighted by Gasteiger charge is 2.27. The fourth-order valence-electron chi connectivity index (χ4n) is 3.70. The average Bonchev–Trinajstić information content (AvgIpc) is 3.36. The summed E-state index contributed by atoms with van der Waals surface area (Å²) in [7, 11) is -3.68. The minimum absolute atomic E-state index is 0.00796. The first-order valence-corrected chi connectivity index (χ1v) is 11.7. The molecule has 0 aliphatic heterocycles. The SMILES string of the molecule is Cc1ccc(S(=O)(=O)NCCNC(=O)c2nn(-c3ccc(F)c(F)c3)c3c2CCC3)cc1. The number of sulfonamides is 1. The van der Waals surface area contributed by atoms with Gasteiger partial charge in [0.2, 0.25) is 10.0 Å². The van der Waals surface area contributed by atoms with Crippen LogP contribution in [0.1, 0.15) is 33.7 Å². The highest BCUT2D eigenvalue weighted by Crippen LogP contribution is 2.28. The van der Waals surface area contributed by atoms with Gasteiger partial charge in [-0.2, -0.15) is 5.10 Å². The summed E-state index contributed by atoms with van der Waals surface area (Å²) in [5.41, 5.74) is 3.07.